The number of hydrogen-bond donors (Lipinski definition) is 0. The summed E-state index contributed by atoms with van der Waals surface area (Å²) in [6.07, 6.45) is 10.5. The van der Waals surface area contributed by atoms with E-state index < -0.39 is 0 Å². The summed E-state index contributed by atoms with van der Waals surface area (Å²) in [4.78, 5) is 16.9. The molecule has 3 fully saturated rings. The van der Waals surface area contributed by atoms with Gasteiger partial charge < -0.3 is 9.80 Å². The highest BCUT2D eigenvalue weighted by atomic mass is 16.2. The number of likely N-dealkylation sites (tertiary alicyclic amines) is 2. The van der Waals surface area contributed by atoms with Crippen LogP contribution in [0.2, 0.25) is 0 Å². The van der Waals surface area contributed by atoms with Crippen molar-refractivity contribution in [1.29, 1.82) is 0 Å². The molecule has 1 spiro atoms. The van der Waals surface area contributed by atoms with Crippen LogP contribution in [0.15, 0.2) is 0 Å². The van der Waals surface area contributed by atoms with Gasteiger partial charge in [0.25, 0.3) is 0 Å². The van der Waals surface area contributed by atoms with Gasteiger partial charge in [-0.05, 0) is 51.1 Å². The molecule has 3 aliphatic rings. The molecule has 2 aliphatic heterocycles. The molecule has 0 bridgehead atoms. The van der Waals surface area contributed by atoms with Crippen LogP contribution < -0.4 is 0 Å². The lowest BCUT2D eigenvalue weighted by Gasteiger charge is -2.39. The van der Waals surface area contributed by atoms with E-state index in [9.17, 15) is 4.79 Å². The Morgan fingerprint density at radius 2 is 1.68 bits per heavy atom. The van der Waals surface area contributed by atoms with Gasteiger partial charge in [-0.15, -0.1) is 0 Å². The number of piperidine rings is 1. The van der Waals surface area contributed by atoms with E-state index in [1.54, 1.807) is 0 Å². The first-order valence-corrected chi connectivity index (χ1v) is 8.18. The van der Waals surface area contributed by atoms with Crippen LogP contribution in [0.5, 0.6) is 0 Å². The van der Waals surface area contributed by atoms with Gasteiger partial charge >= 0.3 is 0 Å². The highest BCUT2D eigenvalue weighted by Gasteiger charge is 2.46. The van der Waals surface area contributed by atoms with Crippen LogP contribution >= 0.6 is 0 Å². The molecule has 1 amide bonds. The highest BCUT2D eigenvalue weighted by Crippen LogP contribution is 2.41. The Labute approximate surface area is 117 Å². The average Bonchev–Trinajstić information content (AvgIpc) is 2.72. The molecular weight excluding hydrogens is 236 g/mol. The predicted octanol–water partition coefficient (Wildman–Crippen LogP) is 2.51. The maximum Gasteiger partial charge on any atom is 0.228 e. The Hall–Kier alpha value is -0.570. The molecule has 3 heteroatoms. The summed E-state index contributed by atoms with van der Waals surface area (Å²) in [7, 11) is 1.96. The molecule has 0 aromatic rings. The summed E-state index contributed by atoms with van der Waals surface area (Å²) in [6.45, 7) is 4.56. The summed E-state index contributed by atoms with van der Waals surface area (Å²) >= 11 is 0. The Bertz CT molecular complexity index is 328. The molecule has 2 saturated heterocycles. The number of nitrogens with zero attached hydrogens (tertiary/aromatic N) is 2. The van der Waals surface area contributed by atoms with Crippen LogP contribution in [0, 0.1) is 11.3 Å². The molecule has 2 heterocycles. The summed E-state index contributed by atoms with van der Waals surface area (Å²) in [5.74, 6) is 1.36. The molecule has 19 heavy (non-hydrogen) atoms. The molecule has 1 saturated carbocycles. The Kier molecular flexibility index (Phi) is 3.84. The largest absolute Gasteiger partial charge is 0.345 e. The molecule has 0 radical (unpaired) electrons. The minimum absolute atomic E-state index is 0.0256. The normalized spacial score (nSPS) is 29.3. The second-order valence-corrected chi connectivity index (χ2v) is 7.06. The fraction of sp³-hybridized carbons (Fsp3) is 0.938. The third-order valence-corrected chi connectivity index (χ3v) is 5.78. The van der Waals surface area contributed by atoms with Crippen molar-refractivity contribution in [2.75, 3.05) is 33.2 Å². The Morgan fingerprint density at radius 3 is 2.26 bits per heavy atom. The van der Waals surface area contributed by atoms with Crippen molar-refractivity contribution in [3.05, 3.63) is 0 Å². The van der Waals surface area contributed by atoms with E-state index in [0.29, 0.717) is 5.91 Å². The third-order valence-electron chi connectivity index (χ3n) is 5.78. The summed E-state index contributed by atoms with van der Waals surface area (Å²) in [5.41, 5.74) is 0.0256. The van der Waals surface area contributed by atoms with Crippen LogP contribution in [0.25, 0.3) is 0 Å². The van der Waals surface area contributed by atoms with Crippen molar-refractivity contribution in [3.8, 4) is 0 Å². The SMILES string of the molecule is CN1CCC2(CCN(CC3CCCCC3)CC2)C1=O. The van der Waals surface area contributed by atoms with Gasteiger partial charge in [-0.1, -0.05) is 19.3 Å². The fourth-order valence-electron chi connectivity index (χ4n) is 4.36. The maximum absolute atomic E-state index is 12.3. The summed E-state index contributed by atoms with van der Waals surface area (Å²) in [5, 5.41) is 0. The number of amides is 1. The first-order valence-electron chi connectivity index (χ1n) is 8.18. The van der Waals surface area contributed by atoms with Crippen LogP contribution in [-0.2, 0) is 4.79 Å². The molecule has 0 atom stereocenters. The van der Waals surface area contributed by atoms with E-state index in [0.717, 1.165) is 44.8 Å². The third kappa shape index (κ3) is 2.67. The number of carbonyl (C=O) groups excluding carboxylic acids is 1. The summed E-state index contributed by atoms with van der Waals surface area (Å²) < 4.78 is 0. The van der Waals surface area contributed by atoms with Gasteiger partial charge in [0.05, 0.1) is 5.41 Å². The van der Waals surface area contributed by atoms with E-state index in [4.69, 9.17) is 0 Å². The van der Waals surface area contributed by atoms with Crippen molar-refractivity contribution in [2.45, 2.75) is 51.4 Å². The van der Waals surface area contributed by atoms with Gasteiger partial charge in [-0.25, -0.2) is 0 Å². The van der Waals surface area contributed by atoms with Gasteiger partial charge in [0.1, 0.15) is 0 Å². The van der Waals surface area contributed by atoms with Crippen molar-refractivity contribution < 1.29 is 4.79 Å². The lowest BCUT2D eigenvalue weighted by Crippen LogP contribution is -2.45. The van der Waals surface area contributed by atoms with E-state index in [1.165, 1.54) is 38.6 Å². The standard InChI is InChI=1S/C16H28N2O/c1-17-10-7-16(15(17)19)8-11-18(12-9-16)13-14-5-3-2-4-6-14/h14H,2-13H2,1H3. The van der Waals surface area contributed by atoms with Gasteiger partial charge in [0.15, 0.2) is 0 Å². The monoisotopic (exact) mass is 264 g/mol. The molecule has 1 aliphatic carbocycles. The smallest absolute Gasteiger partial charge is 0.228 e. The zero-order valence-corrected chi connectivity index (χ0v) is 12.4. The number of carbonyl (C=O) groups is 1. The van der Waals surface area contributed by atoms with Gasteiger partial charge in [0.2, 0.25) is 5.91 Å². The van der Waals surface area contributed by atoms with Crippen LogP contribution in [0.1, 0.15) is 51.4 Å². The second-order valence-electron chi connectivity index (χ2n) is 7.06. The van der Waals surface area contributed by atoms with Crippen molar-refractivity contribution in [1.82, 2.24) is 9.80 Å². The second kappa shape index (κ2) is 5.43. The molecule has 0 aromatic carbocycles. The van der Waals surface area contributed by atoms with Crippen LogP contribution in [0.3, 0.4) is 0 Å². The maximum atomic E-state index is 12.3. The molecule has 0 N–H and O–H groups in total. The molecule has 3 rings (SSSR count). The van der Waals surface area contributed by atoms with E-state index >= 15 is 0 Å². The zero-order chi connectivity index (χ0) is 13.3. The highest BCUT2D eigenvalue weighted by molar-refractivity contribution is 5.84. The lowest BCUT2D eigenvalue weighted by molar-refractivity contribution is -0.137. The van der Waals surface area contributed by atoms with Crippen molar-refractivity contribution in [3.63, 3.8) is 0 Å². The minimum atomic E-state index is 0.0256. The fourth-order valence-corrected chi connectivity index (χ4v) is 4.36. The number of rotatable bonds is 2. The molecule has 108 valence electrons. The minimum Gasteiger partial charge on any atom is -0.345 e. The topological polar surface area (TPSA) is 23.6 Å². The Morgan fingerprint density at radius 1 is 1.05 bits per heavy atom. The van der Waals surface area contributed by atoms with E-state index in [2.05, 4.69) is 4.90 Å². The first kappa shape index (κ1) is 13.4. The van der Waals surface area contributed by atoms with Gasteiger partial charge in [0, 0.05) is 20.1 Å². The molecule has 0 unspecified atom stereocenters. The predicted molar refractivity (Wildman–Crippen MR) is 76.9 cm³/mol. The Balaban J connectivity index is 1.50. The lowest BCUT2D eigenvalue weighted by atomic mass is 9.76. The van der Waals surface area contributed by atoms with Gasteiger partial charge in [-0.2, -0.15) is 0 Å². The first-order chi connectivity index (χ1) is 9.20. The molecular formula is C16H28N2O. The summed E-state index contributed by atoms with van der Waals surface area (Å²) in [6, 6.07) is 0. The zero-order valence-electron chi connectivity index (χ0n) is 12.4. The van der Waals surface area contributed by atoms with Gasteiger partial charge in [-0.3, -0.25) is 4.79 Å². The molecule has 0 aromatic heterocycles. The quantitative estimate of drug-likeness (QED) is 0.765. The van der Waals surface area contributed by atoms with Crippen LogP contribution in [-0.4, -0.2) is 48.9 Å². The average molecular weight is 264 g/mol. The van der Waals surface area contributed by atoms with Crippen molar-refractivity contribution >= 4 is 5.91 Å². The molecule has 3 nitrogen and oxygen atoms in total. The van der Waals surface area contributed by atoms with Crippen LogP contribution in [0.4, 0.5) is 0 Å². The number of hydrogen-bond acceptors (Lipinski definition) is 2. The van der Waals surface area contributed by atoms with E-state index in [1.807, 2.05) is 11.9 Å². The van der Waals surface area contributed by atoms with Crippen molar-refractivity contribution in [2.24, 2.45) is 11.3 Å². The van der Waals surface area contributed by atoms with E-state index in [-0.39, 0.29) is 5.41 Å².